The molecule has 26 N–H and O–H groups in total. The number of carboxylic acids is 1. The number of nitrogens with zero attached hydrogens (tertiary/aromatic N) is 14. The maximum atomic E-state index is 11.2. The van der Waals surface area contributed by atoms with Gasteiger partial charge in [0.15, 0.2) is 17.6 Å². The molecule has 0 aliphatic heterocycles. The van der Waals surface area contributed by atoms with Crippen LogP contribution >= 0.6 is 75.3 Å². The Morgan fingerprint density at radius 1 is 0.639 bits per heavy atom. The molecule has 0 atom stereocenters. The molecule has 54 nitrogen and oxygen atoms in total. The number of ether oxygens (including phenoxy) is 4. The Bertz CT molecular complexity index is 4810. The third kappa shape index (κ3) is 118. The number of nitro groups is 3. The number of aliphatic hydroxyl groups excluding tert-OH is 1. The van der Waals surface area contributed by atoms with Crippen molar-refractivity contribution in [2.75, 3.05) is 56.8 Å². The number of anilines is 3. The fourth-order valence-electron chi connectivity index (χ4n) is 5.63. The SMILES string of the molecule is CC(C)(C)C#N.CC(C)(C)C(=N)N.CC(C)(C)c1ncc(N)c(N)n1.CC(C)(C)c1ncc([N+](=O)[O-])c(=O)[nH]1.CC(C)(C)c1ncc([N+](=O)[O-])c(Cl)n1.CC(C)(C)c1ncc([N+](=O)[O-])c(N)n1.CC(C)(C)c1nccc(=O)[nH]1.CC(C)c1cc(C(=O)O)no1.CCO.CCOC(=N)C(C)(C)C.CCOC(C)=O.CCOC=O.CC[O-].Cl.Cl.N.N.O.O=P(Cl)(Cl)Cl.O=S(=O)(O)O.O=[N+]([O-])O.[CH-]=CC(=O)OCC.[Na+].[Na+].[OH-]. The van der Waals surface area contributed by atoms with Gasteiger partial charge in [0.25, 0.3) is 17.1 Å². The molecule has 6 aromatic heterocycles. The largest absolute Gasteiger partial charge is 1.00 e. The van der Waals surface area contributed by atoms with Gasteiger partial charge in [-0.05, 0) is 89.1 Å². The van der Waals surface area contributed by atoms with Crippen LogP contribution < -0.4 is 111 Å². The van der Waals surface area contributed by atoms with Crippen LogP contribution in [0.15, 0.2) is 63.3 Å². The summed E-state index contributed by atoms with van der Waals surface area (Å²) in [5.74, 6) is 2.79. The van der Waals surface area contributed by atoms with Gasteiger partial charge in [-0.2, -0.15) is 19.8 Å². The van der Waals surface area contributed by atoms with Crippen molar-refractivity contribution >= 4 is 156 Å². The predicted octanol–water partition coefficient (Wildman–Crippen LogP) is 9.29. The first-order chi connectivity index (χ1) is 61.0. The smallest absolute Gasteiger partial charge is 0.870 e. The van der Waals surface area contributed by atoms with E-state index in [1.54, 1.807) is 40.8 Å². The normalized spacial score (nSPS) is 9.78. The molecule has 0 amide bonds. The number of aromatic carboxylic acids is 1. The number of hydrogen-bond donors (Lipinski definition) is 15. The number of carbonyl (C=O) groups is 4. The third-order valence-corrected chi connectivity index (χ3v) is 12.6. The van der Waals surface area contributed by atoms with Crippen molar-refractivity contribution in [1.82, 2.24) is 67.3 Å². The Kier molecular flexibility index (Phi) is 114. The van der Waals surface area contributed by atoms with Crippen LogP contribution in [-0.2, 0) is 75.4 Å². The van der Waals surface area contributed by atoms with Crippen molar-refractivity contribution in [3.8, 4) is 6.07 Å². The molecule has 826 valence electrons. The fourth-order valence-corrected chi connectivity index (χ4v) is 5.83. The van der Waals surface area contributed by atoms with Gasteiger partial charge in [-0.1, -0.05) is 183 Å². The number of nitrogen functional groups attached to an aromatic ring is 3. The molecular weight excluding hydrogens is 2100 g/mol. The second kappa shape index (κ2) is 91.1. The van der Waals surface area contributed by atoms with Gasteiger partial charge in [0, 0.05) is 81.1 Å². The number of rotatable bonds is 11. The summed E-state index contributed by atoms with van der Waals surface area (Å²) in [5.41, 5.74) is 18.7. The van der Waals surface area contributed by atoms with E-state index in [9.17, 15) is 63.7 Å². The molecule has 0 spiro atoms. The number of hydrogen-bond acceptors (Lipinski definition) is 42. The quantitative estimate of drug-likeness (QED) is 0.00458. The van der Waals surface area contributed by atoms with Crippen LogP contribution in [0.25, 0.3) is 0 Å². The van der Waals surface area contributed by atoms with E-state index in [2.05, 4.69) is 109 Å². The molecule has 0 aliphatic carbocycles. The van der Waals surface area contributed by atoms with Gasteiger partial charge in [-0.25, -0.2) is 44.7 Å². The Balaban J connectivity index is -0.0000000687. The zero-order valence-electron chi connectivity index (χ0n) is 88.3. The minimum Gasteiger partial charge on any atom is -0.870 e. The second-order valence-corrected chi connectivity index (χ2v) is 41.7. The molecule has 0 aliphatic rings. The van der Waals surface area contributed by atoms with E-state index >= 15 is 0 Å². The summed E-state index contributed by atoms with van der Waals surface area (Å²) in [6, 6.07) is 4.95. The Labute approximate surface area is 916 Å². The summed E-state index contributed by atoms with van der Waals surface area (Å²) in [5, 5.41) is 92.2. The summed E-state index contributed by atoms with van der Waals surface area (Å²) < 4.78 is 63.8. The molecule has 0 unspecified atom stereocenters. The number of aromatic nitrogens is 11. The Hall–Kier alpha value is -9.34. The summed E-state index contributed by atoms with van der Waals surface area (Å²) in [6.45, 7) is 69.4. The molecule has 0 aromatic carbocycles. The van der Waals surface area contributed by atoms with Crippen LogP contribution in [0.5, 0.6) is 0 Å². The van der Waals surface area contributed by atoms with Crippen molar-refractivity contribution in [3.05, 3.63) is 163 Å². The van der Waals surface area contributed by atoms with Gasteiger partial charge in [0.1, 0.15) is 59.3 Å². The number of H-pyrrole nitrogens is 2. The molecular formula is C80H150Cl6N24Na2O30PS-. The first-order valence-corrected chi connectivity index (χ1v) is 45.8. The van der Waals surface area contributed by atoms with E-state index in [0.29, 0.717) is 79.4 Å². The van der Waals surface area contributed by atoms with Crippen LogP contribution in [0.3, 0.4) is 0 Å². The molecule has 6 aromatic rings. The number of aliphatic hydroxyl groups is 1. The van der Waals surface area contributed by atoms with E-state index < -0.39 is 58.6 Å². The molecule has 64 heteroatoms. The summed E-state index contributed by atoms with van der Waals surface area (Å²) >= 11 is 19.5. The number of esters is 2. The molecule has 6 rings (SSSR count). The van der Waals surface area contributed by atoms with E-state index in [1.807, 2.05) is 187 Å². The molecule has 0 saturated carbocycles. The van der Waals surface area contributed by atoms with Gasteiger partial charge in [-0.15, -0.1) is 41.5 Å². The van der Waals surface area contributed by atoms with Crippen LogP contribution in [0.1, 0.15) is 280 Å². The van der Waals surface area contributed by atoms with E-state index in [-0.39, 0.29) is 215 Å². The third-order valence-electron chi connectivity index (χ3n) is 12.3. The van der Waals surface area contributed by atoms with Gasteiger partial charge in [-0.3, -0.25) is 80.6 Å². The number of halogens is 6. The Morgan fingerprint density at radius 3 is 1.15 bits per heavy atom. The first kappa shape index (κ1) is 180. The molecule has 0 radical (unpaired) electrons. The minimum atomic E-state index is -4.67. The van der Waals surface area contributed by atoms with Crippen molar-refractivity contribution in [2.24, 2.45) is 22.0 Å². The van der Waals surface area contributed by atoms with Crippen molar-refractivity contribution in [3.63, 3.8) is 0 Å². The first-order valence-electron chi connectivity index (χ1n) is 39.6. The molecule has 0 fully saturated rings. The van der Waals surface area contributed by atoms with Crippen LogP contribution in [-0.4, -0.2) is 195 Å². The number of carboxylic acid groups (broad SMARTS) is 1. The summed E-state index contributed by atoms with van der Waals surface area (Å²) in [4.78, 5) is 136. The molecule has 144 heavy (non-hydrogen) atoms. The molecule has 6 heterocycles. The monoisotopic (exact) mass is 2250 g/mol. The number of amidine groups is 1. The number of nitrogens with one attached hydrogen (secondary N) is 4. The standard InChI is InChI=1S/C8H10ClN3O2.C8H12N4O2.C8H14N4.C8H11N3O3.C8H12N2O.C7H9NO3.C7H15NO.C5H12N2.C5H9N.C5H7O2.C4H8O2.C3H6O2.C2H6O.C2H5O.Cl3OP.2ClH.HNO3.2H3N.2Na.H2O4S.2H2O/c2*1-8(2,3)7-10-4-5(12(13)14)6(9)11-7;1-8(2,3)7-11-4-5(9)6(10)12-7;1-8(2,3)7-9-4-5(11(13)14)6(12)10-7;1-8(2,3)7-9-5-4-6(11)10-7;1-4(2)6-3-5(7(9)10)8-11-6;1-5-9-6(8)7(2,3)4;1-5(2,3)4(6)7;1-5(2,3)4-6;1-3-5(6)7-4-2;1-3-6-4(2)5;1-2-5-3-4;2*1-2-3;1-5(2,3)4;;;2-1(3)4;;;;;1-5(2,3)4;;/h4H,1-3H3;4H,1-3H3,(H2,9,10,11);4H,9H2,1-3H3,(H2,10,11,12);4H,1-3H3,(H,9,10,12);4-5H,1-3H3,(H,9,10,11);3-4H,1-2H3,(H,9,10);8H,5H2,1-4H3;1-3H3,(H3,6,7);1-3H3;1,3H,4H2,2H3;3H2,1-2H3;3H,2H2,1H3;3H,2H2,1H3;2H2,1H3;;2*1H;(H,2,3,4);2*1H3;;;(H2,1,2,3,4);2*1H2/q;;;;;;;;;-1;;;;-1;;;;;;;2*+1;;;/p-1. The van der Waals surface area contributed by atoms with Gasteiger partial charge >= 0.3 is 109 Å². The zero-order chi connectivity index (χ0) is 111. The number of carbonyl (C=O) groups excluding carboxylic acids is 3. The summed E-state index contributed by atoms with van der Waals surface area (Å²) in [6.07, 6.45) is 7.23. The van der Waals surface area contributed by atoms with Crippen LogP contribution in [0.2, 0.25) is 5.15 Å². The second-order valence-electron chi connectivity index (χ2n) is 33.8. The fraction of sp³-hybridized carbons (Fsp3) is 0.600. The topological polar surface area (TPSA) is 955 Å². The van der Waals surface area contributed by atoms with Crippen molar-refractivity contribution in [1.29, 1.82) is 16.1 Å². The molecule has 0 bridgehead atoms. The van der Waals surface area contributed by atoms with Gasteiger partial charge in [0.05, 0.1) is 65.0 Å². The zero-order valence-corrected chi connectivity index (χ0v) is 98.7. The Morgan fingerprint density at radius 2 is 0.958 bits per heavy atom. The van der Waals surface area contributed by atoms with Crippen LogP contribution in [0.4, 0.5) is 34.4 Å². The van der Waals surface area contributed by atoms with Crippen molar-refractivity contribution < 1.29 is 175 Å². The average molecular weight is 2250 g/mol. The number of aromatic amines is 2. The predicted molar refractivity (Wildman–Crippen MR) is 547 cm³/mol. The maximum absolute atomic E-state index is 11.2. The maximum Gasteiger partial charge on any atom is 1.00 e. The van der Waals surface area contributed by atoms with Gasteiger partial charge in [0.2, 0.25) is 11.0 Å². The minimum absolute atomic E-state index is 0. The summed E-state index contributed by atoms with van der Waals surface area (Å²) in [7, 11) is -4.67. The van der Waals surface area contributed by atoms with Gasteiger partial charge < -0.3 is 105 Å². The van der Waals surface area contributed by atoms with Crippen LogP contribution in [0, 0.1) is 85.4 Å². The average Bonchev–Trinajstić information content (AvgIpc) is 1.10. The number of nitriles is 1. The molecule has 0 saturated heterocycles. The van der Waals surface area contributed by atoms with Crippen molar-refractivity contribution in [2.45, 2.75) is 261 Å². The number of nitrogens with two attached hydrogens (primary N) is 4. The van der Waals surface area contributed by atoms with E-state index in [1.165, 1.54) is 25.3 Å². The van der Waals surface area contributed by atoms with E-state index in [0.717, 1.165) is 30.5 Å². The van der Waals surface area contributed by atoms with E-state index in [4.69, 9.17) is 115 Å².